The van der Waals surface area contributed by atoms with E-state index in [4.69, 9.17) is 44.5 Å². The van der Waals surface area contributed by atoms with E-state index in [9.17, 15) is 0 Å². The third kappa shape index (κ3) is 7.13. The minimum absolute atomic E-state index is 0.209. The molecule has 0 spiro atoms. The minimum Gasteiger partial charge on any atom is -0.413 e. The van der Waals surface area contributed by atoms with Gasteiger partial charge in [-0.2, -0.15) is 0 Å². The fraction of sp³-hybridized carbons (Fsp3) is 0. The van der Waals surface area contributed by atoms with Crippen LogP contribution in [0.25, 0.3) is 134 Å². The second-order valence-corrected chi connectivity index (χ2v) is 16.7. The van der Waals surface area contributed by atoms with E-state index in [2.05, 4.69) is 97.1 Å². The molecule has 13 rings (SSSR count). The molecule has 69 heavy (non-hydrogen) atoms. The van der Waals surface area contributed by atoms with Gasteiger partial charge in [0.15, 0.2) is 11.6 Å². The maximum Gasteiger partial charge on any atom is 0.267 e. The average Bonchev–Trinajstić information content (AvgIpc) is 3.93. The molecular formula is C60H36N8O. The lowest BCUT2D eigenvalue weighted by molar-refractivity contribution is 0.581. The average molecular weight is 885 g/mol. The second-order valence-electron chi connectivity index (χ2n) is 16.7. The van der Waals surface area contributed by atoms with Crippen LogP contribution in [0.4, 0.5) is 0 Å². The highest BCUT2D eigenvalue weighted by Gasteiger charge is 2.25. The molecule has 0 amide bonds. The van der Waals surface area contributed by atoms with Crippen LogP contribution >= 0.6 is 0 Å². The Kier molecular flexibility index (Phi) is 9.61. The molecule has 13 aromatic rings. The monoisotopic (exact) mass is 884 g/mol. The molecule has 0 N–H and O–H groups in total. The van der Waals surface area contributed by atoms with Gasteiger partial charge >= 0.3 is 0 Å². The number of nitrogens with zero attached hydrogens (tertiary/aromatic N) is 8. The van der Waals surface area contributed by atoms with Crippen LogP contribution in [-0.2, 0) is 0 Å². The van der Waals surface area contributed by atoms with Crippen LogP contribution in [0.15, 0.2) is 223 Å². The third-order valence-corrected chi connectivity index (χ3v) is 12.5. The number of rotatable bonds is 8. The molecule has 5 heterocycles. The predicted molar refractivity (Wildman–Crippen MR) is 275 cm³/mol. The molecule has 8 aromatic carbocycles. The quantitative estimate of drug-likeness (QED) is 0.138. The first-order valence-electron chi connectivity index (χ1n) is 22.7. The van der Waals surface area contributed by atoms with Crippen molar-refractivity contribution in [3.63, 3.8) is 0 Å². The van der Waals surface area contributed by atoms with E-state index in [1.165, 1.54) is 0 Å². The molecule has 9 heteroatoms. The van der Waals surface area contributed by atoms with Crippen LogP contribution in [0.1, 0.15) is 0 Å². The predicted octanol–water partition coefficient (Wildman–Crippen LogP) is 14.4. The summed E-state index contributed by atoms with van der Waals surface area (Å²) in [6, 6.07) is 73.6. The fourth-order valence-electron chi connectivity index (χ4n) is 9.16. The normalized spacial score (nSPS) is 11.5. The maximum absolute atomic E-state index is 6.81. The van der Waals surface area contributed by atoms with Gasteiger partial charge in [0, 0.05) is 43.8 Å². The van der Waals surface area contributed by atoms with Gasteiger partial charge in [-0.25, -0.2) is 29.9 Å². The topological polar surface area (TPSA) is 116 Å². The molecular weight excluding hydrogens is 849 g/mol. The van der Waals surface area contributed by atoms with Gasteiger partial charge in [-0.15, -0.1) is 10.2 Å². The molecule has 0 fully saturated rings. The summed E-state index contributed by atoms with van der Waals surface area (Å²) in [5.74, 6) is 1.42. The Labute approximate surface area is 395 Å². The Bertz CT molecular complexity index is 3780. The molecule has 5 aromatic heterocycles. The summed E-state index contributed by atoms with van der Waals surface area (Å²) >= 11 is 0. The molecule has 0 saturated carbocycles. The van der Waals surface area contributed by atoms with E-state index in [-0.39, 0.29) is 11.8 Å². The van der Waals surface area contributed by atoms with Gasteiger partial charge in [0.25, 0.3) is 11.8 Å². The molecule has 0 aliphatic rings. The first kappa shape index (κ1) is 39.7. The van der Waals surface area contributed by atoms with Crippen molar-refractivity contribution in [2.24, 2.45) is 0 Å². The standard InChI is InChI=1S/C60H36N8O/c1-7-19-37(20-8-1)47-35-49(39-23-11-3-12-24-39)61-51-43(47)31-33-45-53(51)63-57(41-27-15-5-16-28-41)65-55(45)59-67-68-60(69-59)56-46-34-32-44-48(38-21-9-2-10-22-38)36-50(40-25-13-4-14-26-40)62-52(44)54(46)64-58(66-56)42-29-17-6-18-30-42/h1-36H. The number of benzene rings is 8. The summed E-state index contributed by atoms with van der Waals surface area (Å²) in [5, 5.41) is 12.8. The molecule has 0 bridgehead atoms. The maximum atomic E-state index is 6.81. The van der Waals surface area contributed by atoms with Crippen molar-refractivity contribution < 1.29 is 4.42 Å². The highest BCUT2D eigenvalue weighted by molar-refractivity contribution is 6.13. The number of hydrogen-bond acceptors (Lipinski definition) is 9. The van der Waals surface area contributed by atoms with Crippen molar-refractivity contribution in [2.75, 3.05) is 0 Å². The van der Waals surface area contributed by atoms with Crippen molar-refractivity contribution in [3.8, 4) is 90.7 Å². The first-order valence-corrected chi connectivity index (χ1v) is 22.7. The van der Waals surface area contributed by atoms with Gasteiger partial charge in [-0.3, -0.25) is 0 Å². The van der Waals surface area contributed by atoms with Gasteiger partial charge in [0.05, 0.1) is 22.4 Å². The van der Waals surface area contributed by atoms with Crippen LogP contribution in [0.5, 0.6) is 0 Å². The van der Waals surface area contributed by atoms with E-state index in [0.29, 0.717) is 44.8 Å². The lowest BCUT2D eigenvalue weighted by Gasteiger charge is -2.14. The second kappa shape index (κ2) is 16.7. The zero-order valence-electron chi connectivity index (χ0n) is 36.8. The SMILES string of the molecule is c1ccc(-c2cc(-c3ccccc3)c3ccc4c(-c5nnc(-c6nc(-c7ccccc7)nc7c6ccc6c(-c8ccccc8)cc(-c8ccccc8)nc67)o5)nc(-c5ccccc5)nc4c3n2)cc1. The zero-order valence-corrected chi connectivity index (χ0v) is 36.8. The number of hydrogen-bond donors (Lipinski definition) is 0. The van der Waals surface area contributed by atoms with Crippen LogP contribution in [0.2, 0.25) is 0 Å². The number of pyridine rings is 2. The van der Waals surface area contributed by atoms with E-state index in [0.717, 1.165) is 77.7 Å². The Morgan fingerprint density at radius 1 is 0.261 bits per heavy atom. The molecule has 322 valence electrons. The molecule has 0 unspecified atom stereocenters. The smallest absolute Gasteiger partial charge is 0.267 e. The van der Waals surface area contributed by atoms with E-state index < -0.39 is 0 Å². The summed E-state index contributed by atoms with van der Waals surface area (Å²) in [4.78, 5) is 31.6. The van der Waals surface area contributed by atoms with Gasteiger partial charge in [-0.05, 0) is 46.5 Å². The molecule has 0 atom stereocenters. The van der Waals surface area contributed by atoms with Crippen molar-refractivity contribution in [1.82, 2.24) is 40.1 Å². The minimum atomic E-state index is 0.209. The van der Waals surface area contributed by atoms with E-state index in [1.807, 2.05) is 121 Å². The van der Waals surface area contributed by atoms with Crippen molar-refractivity contribution in [2.45, 2.75) is 0 Å². The van der Waals surface area contributed by atoms with Crippen LogP contribution < -0.4 is 0 Å². The first-order chi connectivity index (χ1) is 34.2. The van der Waals surface area contributed by atoms with Crippen molar-refractivity contribution in [1.29, 1.82) is 0 Å². The Hall–Kier alpha value is -9.60. The van der Waals surface area contributed by atoms with Gasteiger partial charge in [0.2, 0.25) is 0 Å². The van der Waals surface area contributed by atoms with Gasteiger partial charge in [0.1, 0.15) is 22.4 Å². The summed E-state index contributed by atoms with van der Waals surface area (Å²) in [7, 11) is 0. The molecule has 0 saturated heterocycles. The van der Waals surface area contributed by atoms with Gasteiger partial charge in [-0.1, -0.05) is 194 Å². The van der Waals surface area contributed by atoms with E-state index >= 15 is 0 Å². The number of fused-ring (bicyclic) bond motifs is 6. The Morgan fingerprint density at radius 2 is 0.565 bits per heavy atom. The van der Waals surface area contributed by atoms with Crippen LogP contribution in [0, 0.1) is 0 Å². The van der Waals surface area contributed by atoms with Crippen LogP contribution in [-0.4, -0.2) is 40.1 Å². The molecule has 0 aliphatic heterocycles. The van der Waals surface area contributed by atoms with Crippen LogP contribution in [0.3, 0.4) is 0 Å². The Balaban J connectivity index is 1.05. The zero-order chi connectivity index (χ0) is 45.7. The van der Waals surface area contributed by atoms with E-state index in [1.54, 1.807) is 0 Å². The third-order valence-electron chi connectivity index (χ3n) is 12.5. The lowest BCUT2D eigenvalue weighted by Crippen LogP contribution is -1.98. The highest BCUT2D eigenvalue weighted by Crippen LogP contribution is 2.41. The summed E-state index contributed by atoms with van der Waals surface area (Å²) in [5.41, 5.74) is 13.3. The summed E-state index contributed by atoms with van der Waals surface area (Å²) < 4.78 is 6.81. The van der Waals surface area contributed by atoms with Crippen molar-refractivity contribution in [3.05, 3.63) is 218 Å². The molecule has 0 radical (unpaired) electrons. The molecule has 0 aliphatic carbocycles. The molecule has 9 nitrogen and oxygen atoms in total. The highest BCUT2D eigenvalue weighted by atomic mass is 16.4. The Morgan fingerprint density at radius 3 is 0.928 bits per heavy atom. The number of aromatic nitrogens is 8. The van der Waals surface area contributed by atoms with Crippen molar-refractivity contribution >= 4 is 43.6 Å². The fourth-order valence-corrected chi connectivity index (χ4v) is 9.16. The lowest BCUT2D eigenvalue weighted by atomic mass is 9.96. The summed E-state index contributed by atoms with van der Waals surface area (Å²) in [6.45, 7) is 0. The largest absolute Gasteiger partial charge is 0.413 e. The summed E-state index contributed by atoms with van der Waals surface area (Å²) in [6.07, 6.45) is 0. The van der Waals surface area contributed by atoms with Gasteiger partial charge < -0.3 is 4.42 Å².